The maximum atomic E-state index is 12.6. The number of ether oxygens (including phenoxy) is 1. The summed E-state index contributed by atoms with van der Waals surface area (Å²) in [6.07, 6.45) is 0. The highest BCUT2D eigenvalue weighted by Crippen LogP contribution is 2.14. The Labute approximate surface area is 184 Å². The summed E-state index contributed by atoms with van der Waals surface area (Å²) in [5.41, 5.74) is 1.33. The number of nitrogens with one attached hydrogen (secondary N) is 1. The van der Waals surface area contributed by atoms with Crippen molar-refractivity contribution in [1.82, 2.24) is 14.7 Å². The van der Waals surface area contributed by atoms with Gasteiger partial charge in [-0.05, 0) is 32.0 Å². The molecular formula is C23H24N4O5. The average molecular weight is 436 g/mol. The Kier molecular flexibility index (Phi) is 6.99. The van der Waals surface area contributed by atoms with E-state index in [2.05, 4.69) is 10.4 Å². The number of likely N-dealkylation sites (N-methyl/N-ethyl adjacent to an activating group) is 1. The number of esters is 1. The Morgan fingerprint density at radius 2 is 1.72 bits per heavy atom. The second-order valence-electron chi connectivity index (χ2n) is 7.26. The van der Waals surface area contributed by atoms with E-state index in [0.29, 0.717) is 16.5 Å². The van der Waals surface area contributed by atoms with E-state index < -0.39 is 18.5 Å². The first-order valence-corrected chi connectivity index (χ1v) is 10.1. The molecule has 0 aliphatic rings. The summed E-state index contributed by atoms with van der Waals surface area (Å²) in [6, 6.07) is 13.8. The third kappa shape index (κ3) is 5.18. The third-order valence-electron chi connectivity index (χ3n) is 4.83. The standard InChI is InChI=1S/C23H24N4O5/c1-4-27-22(30)18-8-6-5-7-17(18)21(25-27)23(31)32-14-20(29)26(3)13-19(28)24-16-11-9-15(2)10-12-16/h5-12H,4,13-14H2,1-3H3,(H,24,28). The maximum absolute atomic E-state index is 12.6. The van der Waals surface area contributed by atoms with Crippen LogP contribution in [0, 0.1) is 6.92 Å². The molecule has 1 aromatic heterocycles. The lowest BCUT2D eigenvalue weighted by Crippen LogP contribution is -2.37. The maximum Gasteiger partial charge on any atom is 0.359 e. The fraction of sp³-hybridized carbons (Fsp3) is 0.261. The van der Waals surface area contributed by atoms with Gasteiger partial charge in [0.1, 0.15) is 0 Å². The zero-order valence-corrected chi connectivity index (χ0v) is 18.1. The van der Waals surface area contributed by atoms with Gasteiger partial charge >= 0.3 is 5.97 Å². The molecule has 0 spiro atoms. The van der Waals surface area contributed by atoms with E-state index in [4.69, 9.17) is 4.74 Å². The zero-order valence-electron chi connectivity index (χ0n) is 18.1. The number of anilines is 1. The Morgan fingerprint density at radius 1 is 1.06 bits per heavy atom. The minimum Gasteiger partial charge on any atom is -0.451 e. The molecule has 2 aromatic carbocycles. The van der Waals surface area contributed by atoms with E-state index in [9.17, 15) is 19.2 Å². The normalized spacial score (nSPS) is 10.6. The summed E-state index contributed by atoms with van der Waals surface area (Å²) in [4.78, 5) is 50.7. The van der Waals surface area contributed by atoms with E-state index >= 15 is 0 Å². The predicted molar refractivity (Wildman–Crippen MR) is 119 cm³/mol. The second kappa shape index (κ2) is 9.86. The van der Waals surface area contributed by atoms with Crippen LogP contribution in [-0.2, 0) is 20.9 Å². The summed E-state index contributed by atoms with van der Waals surface area (Å²) >= 11 is 0. The number of fused-ring (bicyclic) bond motifs is 1. The molecule has 0 aliphatic carbocycles. The first-order chi connectivity index (χ1) is 15.3. The molecule has 32 heavy (non-hydrogen) atoms. The Balaban J connectivity index is 1.62. The van der Waals surface area contributed by atoms with Gasteiger partial charge in [0.25, 0.3) is 11.5 Å². The predicted octanol–water partition coefficient (Wildman–Crippen LogP) is 1.98. The molecule has 1 heterocycles. The quantitative estimate of drug-likeness (QED) is 0.567. The van der Waals surface area contributed by atoms with Gasteiger partial charge in [-0.3, -0.25) is 14.4 Å². The molecule has 0 unspecified atom stereocenters. The fourth-order valence-corrected chi connectivity index (χ4v) is 3.05. The smallest absolute Gasteiger partial charge is 0.359 e. The minimum absolute atomic E-state index is 0.0467. The lowest BCUT2D eigenvalue weighted by Gasteiger charge is -2.17. The first kappa shape index (κ1) is 22.7. The number of rotatable bonds is 7. The molecule has 2 amide bonds. The van der Waals surface area contributed by atoms with Crippen molar-refractivity contribution in [2.24, 2.45) is 0 Å². The topological polar surface area (TPSA) is 111 Å². The molecule has 0 aliphatic heterocycles. The van der Waals surface area contributed by atoms with Crippen LogP contribution in [0.25, 0.3) is 10.8 Å². The van der Waals surface area contributed by atoms with Gasteiger partial charge < -0.3 is 15.0 Å². The average Bonchev–Trinajstić information content (AvgIpc) is 2.79. The molecule has 0 radical (unpaired) electrons. The van der Waals surface area contributed by atoms with E-state index in [1.165, 1.54) is 11.7 Å². The van der Waals surface area contributed by atoms with Gasteiger partial charge in [0, 0.05) is 24.7 Å². The van der Waals surface area contributed by atoms with Crippen LogP contribution in [0.2, 0.25) is 0 Å². The highest BCUT2D eigenvalue weighted by molar-refractivity contribution is 6.02. The van der Waals surface area contributed by atoms with E-state index in [1.54, 1.807) is 43.3 Å². The number of hydrogen-bond acceptors (Lipinski definition) is 6. The summed E-state index contributed by atoms with van der Waals surface area (Å²) < 4.78 is 6.30. The summed E-state index contributed by atoms with van der Waals surface area (Å²) in [5, 5.41) is 7.48. The van der Waals surface area contributed by atoms with Crippen LogP contribution in [0.15, 0.2) is 53.3 Å². The van der Waals surface area contributed by atoms with E-state index in [0.717, 1.165) is 10.5 Å². The van der Waals surface area contributed by atoms with Crippen molar-refractivity contribution in [3.05, 3.63) is 70.1 Å². The molecule has 0 fully saturated rings. The number of amides is 2. The molecule has 9 heteroatoms. The minimum atomic E-state index is -0.825. The van der Waals surface area contributed by atoms with Crippen LogP contribution in [0.4, 0.5) is 5.69 Å². The first-order valence-electron chi connectivity index (χ1n) is 10.1. The Bertz CT molecular complexity index is 1220. The number of aryl methyl sites for hydroxylation is 2. The van der Waals surface area contributed by atoms with E-state index in [1.807, 2.05) is 19.1 Å². The fourth-order valence-electron chi connectivity index (χ4n) is 3.05. The highest BCUT2D eigenvalue weighted by atomic mass is 16.5. The summed E-state index contributed by atoms with van der Waals surface area (Å²) in [6.45, 7) is 3.19. The van der Waals surface area contributed by atoms with Crippen LogP contribution in [0.3, 0.4) is 0 Å². The monoisotopic (exact) mass is 436 g/mol. The van der Waals surface area contributed by atoms with Gasteiger partial charge in [-0.15, -0.1) is 0 Å². The van der Waals surface area contributed by atoms with Crippen molar-refractivity contribution in [2.75, 3.05) is 25.5 Å². The van der Waals surface area contributed by atoms with Gasteiger partial charge in [-0.1, -0.05) is 35.9 Å². The molecule has 1 N–H and O–H groups in total. The second-order valence-corrected chi connectivity index (χ2v) is 7.26. The molecule has 0 bridgehead atoms. The lowest BCUT2D eigenvalue weighted by atomic mass is 10.1. The highest BCUT2D eigenvalue weighted by Gasteiger charge is 2.20. The Morgan fingerprint density at radius 3 is 2.38 bits per heavy atom. The van der Waals surface area contributed by atoms with Gasteiger partial charge in [0.15, 0.2) is 12.3 Å². The SMILES string of the molecule is CCn1nc(C(=O)OCC(=O)N(C)CC(=O)Nc2ccc(C)cc2)c2ccccc2c1=O. The van der Waals surface area contributed by atoms with Gasteiger partial charge in [-0.2, -0.15) is 5.10 Å². The van der Waals surface area contributed by atoms with E-state index in [-0.39, 0.29) is 30.2 Å². The summed E-state index contributed by atoms with van der Waals surface area (Å²) in [5.74, 6) is -1.75. The van der Waals surface area contributed by atoms with Crippen molar-refractivity contribution in [3.8, 4) is 0 Å². The number of carbonyl (C=O) groups is 3. The third-order valence-corrected chi connectivity index (χ3v) is 4.83. The molecule has 3 rings (SSSR count). The molecule has 9 nitrogen and oxygen atoms in total. The van der Waals surface area contributed by atoms with Gasteiger partial charge in [0.05, 0.1) is 11.9 Å². The number of nitrogens with zero attached hydrogens (tertiary/aromatic N) is 3. The molecule has 166 valence electrons. The zero-order chi connectivity index (χ0) is 23.3. The van der Waals surface area contributed by atoms with Crippen molar-refractivity contribution in [2.45, 2.75) is 20.4 Å². The molecule has 3 aromatic rings. The van der Waals surface area contributed by atoms with Crippen LogP contribution in [0.5, 0.6) is 0 Å². The van der Waals surface area contributed by atoms with Crippen LogP contribution in [-0.4, -0.2) is 52.7 Å². The van der Waals surface area contributed by atoms with Crippen molar-refractivity contribution in [3.63, 3.8) is 0 Å². The summed E-state index contributed by atoms with van der Waals surface area (Å²) in [7, 11) is 1.44. The van der Waals surface area contributed by atoms with Crippen LogP contribution < -0.4 is 10.9 Å². The Hall–Kier alpha value is -4.01. The van der Waals surface area contributed by atoms with Crippen molar-refractivity contribution >= 4 is 34.2 Å². The van der Waals surface area contributed by atoms with Gasteiger partial charge in [0.2, 0.25) is 5.91 Å². The van der Waals surface area contributed by atoms with Crippen LogP contribution in [0.1, 0.15) is 23.0 Å². The number of hydrogen-bond donors (Lipinski definition) is 1. The number of benzene rings is 2. The number of aromatic nitrogens is 2. The van der Waals surface area contributed by atoms with Crippen LogP contribution >= 0.6 is 0 Å². The molecule has 0 saturated carbocycles. The lowest BCUT2D eigenvalue weighted by molar-refractivity contribution is -0.136. The van der Waals surface area contributed by atoms with Gasteiger partial charge in [-0.25, -0.2) is 9.48 Å². The number of carbonyl (C=O) groups excluding carboxylic acids is 3. The molecular weight excluding hydrogens is 412 g/mol. The van der Waals surface area contributed by atoms with Crippen molar-refractivity contribution in [1.29, 1.82) is 0 Å². The van der Waals surface area contributed by atoms with Crippen molar-refractivity contribution < 1.29 is 19.1 Å². The molecule has 0 atom stereocenters. The largest absolute Gasteiger partial charge is 0.451 e. The molecule has 0 saturated heterocycles.